The molecule has 1 aromatic carbocycles. The fourth-order valence-electron chi connectivity index (χ4n) is 3.30. The Bertz CT molecular complexity index is 921. The molecule has 0 aliphatic carbocycles. The molecule has 2 N–H and O–H groups in total. The van der Waals surface area contributed by atoms with Crippen molar-refractivity contribution >= 4 is 5.65 Å². The summed E-state index contributed by atoms with van der Waals surface area (Å²) >= 11 is 0. The number of benzene rings is 1. The number of fused-ring (bicyclic) bond motifs is 1. The summed E-state index contributed by atoms with van der Waals surface area (Å²) < 4.78 is 34.6. The summed E-state index contributed by atoms with van der Waals surface area (Å²) in [4.78, 5) is 4.20. The summed E-state index contributed by atoms with van der Waals surface area (Å²) in [6.07, 6.45) is 1.33. The van der Waals surface area contributed by atoms with Gasteiger partial charge in [-0.15, -0.1) is 0 Å². The molecule has 0 bridgehead atoms. The van der Waals surface area contributed by atoms with Gasteiger partial charge in [0.1, 0.15) is 12.4 Å². The second-order valence-corrected chi connectivity index (χ2v) is 7.53. The van der Waals surface area contributed by atoms with E-state index in [9.17, 15) is 8.78 Å². The van der Waals surface area contributed by atoms with Gasteiger partial charge in [0.2, 0.25) is 0 Å². The van der Waals surface area contributed by atoms with Crippen LogP contribution in [0.25, 0.3) is 16.9 Å². The second kappa shape index (κ2) is 7.60. The van der Waals surface area contributed by atoms with Crippen molar-refractivity contribution < 1.29 is 13.5 Å². The lowest BCUT2D eigenvalue weighted by Crippen LogP contribution is -2.43. The van der Waals surface area contributed by atoms with Crippen LogP contribution < -0.4 is 10.5 Å². The van der Waals surface area contributed by atoms with Crippen LogP contribution in [-0.2, 0) is 0 Å². The van der Waals surface area contributed by atoms with Crippen molar-refractivity contribution in [2.24, 2.45) is 11.7 Å². The van der Waals surface area contributed by atoms with Gasteiger partial charge in [0.05, 0.1) is 17.5 Å². The number of alkyl halides is 2. The predicted octanol–water partition coefficient (Wildman–Crippen LogP) is 4.48. The van der Waals surface area contributed by atoms with E-state index < -0.39 is 12.0 Å². The maximum Gasteiger partial charge on any atom is 0.267 e. The van der Waals surface area contributed by atoms with E-state index in [1.165, 1.54) is 6.07 Å². The van der Waals surface area contributed by atoms with Crippen molar-refractivity contribution in [3.05, 3.63) is 48.3 Å². The summed E-state index contributed by atoms with van der Waals surface area (Å²) in [5.74, 6) is 0.545. The van der Waals surface area contributed by atoms with Crippen LogP contribution in [0.5, 0.6) is 5.75 Å². The number of ether oxygens (including phenoxy) is 1. The van der Waals surface area contributed by atoms with E-state index >= 15 is 0 Å². The van der Waals surface area contributed by atoms with Crippen molar-refractivity contribution in [3.8, 4) is 17.0 Å². The molecule has 0 spiro atoms. The van der Waals surface area contributed by atoms with Crippen LogP contribution in [0.4, 0.5) is 8.78 Å². The topological polar surface area (TPSA) is 65.4 Å². The first-order chi connectivity index (χ1) is 12.8. The molecule has 0 aliphatic rings. The molecule has 3 rings (SSSR count). The summed E-state index contributed by atoms with van der Waals surface area (Å²) in [7, 11) is 0. The van der Waals surface area contributed by atoms with Gasteiger partial charge < -0.3 is 10.5 Å². The van der Waals surface area contributed by atoms with Gasteiger partial charge in [-0.25, -0.2) is 18.3 Å². The van der Waals surface area contributed by atoms with Gasteiger partial charge in [0, 0.05) is 23.4 Å². The van der Waals surface area contributed by atoms with Gasteiger partial charge in [-0.3, -0.25) is 0 Å². The van der Waals surface area contributed by atoms with Gasteiger partial charge in [-0.1, -0.05) is 13.8 Å². The van der Waals surface area contributed by atoms with Crippen molar-refractivity contribution in [3.63, 3.8) is 0 Å². The monoisotopic (exact) mass is 374 g/mol. The minimum absolute atomic E-state index is 0.153. The van der Waals surface area contributed by atoms with E-state index in [1.54, 1.807) is 41.2 Å². The van der Waals surface area contributed by atoms with Crippen molar-refractivity contribution in [2.45, 2.75) is 39.2 Å². The Kier molecular flexibility index (Phi) is 5.41. The molecule has 0 amide bonds. The van der Waals surface area contributed by atoms with Crippen LogP contribution in [0.3, 0.4) is 0 Å². The highest BCUT2D eigenvalue weighted by Gasteiger charge is 2.23. The quantitative estimate of drug-likeness (QED) is 0.662. The minimum Gasteiger partial charge on any atom is -0.491 e. The molecule has 0 fully saturated rings. The van der Waals surface area contributed by atoms with Crippen LogP contribution in [0, 0.1) is 5.92 Å². The number of aromatic nitrogens is 3. The van der Waals surface area contributed by atoms with Crippen molar-refractivity contribution in [1.29, 1.82) is 0 Å². The average Bonchev–Trinajstić information content (AvgIpc) is 3.07. The minimum atomic E-state index is -2.66. The van der Waals surface area contributed by atoms with E-state index in [2.05, 4.69) is 23.9 Å². The smallest absolute Gasteiger partial charge is 0.267 e. The summed E-state index contributed by atoms with van der Waals surface area (Å²) in [5.41, 5.74) is 7.44. The Hall–Kier alpha value is -2.54. The van der Waals surface area contributed by atoms with E-state index in [1.807, 2.05) is 6.92 Å². The van der Waals surface area contributed by atoms with Crippen molar-refractivity contribution in [1.82, 2.24) is 14.6 Å². The van der Waals surface area contributed by atoms with Crippen LogP contribution in [0.2, 0.25) is 0 Å². The van der Waals surface area contributed by atoms with Gasteiger partial charge in [-0.05, 0) is 43.5 Å². The summed E-state index contributed by atoms with van der Waals surface area (Å²) in [6, 6.07) is 8.25. The fraction of sp³-hybridized carbons (Fsp3) is 0.400. The third kappa shape index (κ3) is 4.42. The molecule has 1 unspecified atom stereocenters. The Balaban J connectivity index is 1.91. The lowest BCUT2D eigenvalue weighted by Gasteiger charge is -2.27. The molecule has 27 heavy (non-hydrogen) atoms. The number of nitrogens with two attached hydrogens (primary N) is 1. The van der Waals surface area contributed by atoms with Crippen molar-refractivity contribution in [2.75, 3.05) is 6.61 Å². The van der Waals surface area contributed by atoms with E-state index in [-0.39, 0.29) is 17.9 Å². The zero-order valence-corrected chi connectivity index (χ0v) is 15.7. The zero-order valence-electron chi connectivity index (χ0n) is 15.7. The highest BCUT2D eigenvalue weighted by atomic mass is 19.3. The molecule has 1 atom stereocenters. The molecule has 2 aromatic heterocycles. The van der Waals surface area contributed by atoms with Gasteiger partial charge in [-0.2, -0.15) is 5.10 Å². The molecule has 0 saturated heterocycles. The molecule has 7 heteroatoms. The van der Waals surface area contributed by atoms with Crippen LogP contribution in [0.1, 0.15) is 39.2 Å². The van der Waals surface area contributed by atoms with E-state index in [4.69, 9.17) is 10.5 Å². The first-order valence-electron chi connectivity index (χ1n) is 8.90. The molecule has 2 heterocycles. The first kappa shape index (κ1) is 19.2. The SMILES string of the molecule is CC(C)CC(C)(N)COc1ccc(-c2ccnc3ccnn23)cc1C(F)F. The molecule has 0 radical (unpaired) electrons. The highest BCUT2D eigenvalue weighted by molar-refractivity contribution is 5.64. The molecule has 5 nitrogen and oxygen atoms in total. The Labute approximate surface area is 157 Å². The Morgan fingerprint density at radius 1 is 1.19 bits per heavy atom. The molecule has 0 aliphatic heterocycles. The molecule has 3 aromatic rings. The van der Waals surface area contributed by atoms with Crippen LogP contribution in [-0.4, -0.2) is 26.7 Å². The maximum absolute atomic E-state index is 13.7. The highest BCUT2D eigenvalue weighted by Crippen LogP contribution is 2.34. The van der Waals surface area contributed by atoms with E-state index in [0.717, 1.165) is 6.42 Å². The lowest BCUT2D eigenvalue weighted by atomic mass is 9.93. The third-order valence-corrected chi connectivity index (χ3v) is 4.26. The number of rotatable bonds is 7. The lowest BCUT2D eigenvalue weighted by molar-refractivity contribution is 0.140. The van der Waals surface area contributed by atoms with Gasteiger partial charge >= 0.3 is 0 Å². The van der Waals surface area contributed by atoms with Crippen LogP contribution in [0.15, 0.2) is 42.7 Å². The molecular weight excluding hydrogens is 350 g/mol. The Morgan fingerprint density at radius 3 is 2.67 bits per heavy atom. The largest absolute Gasteiger partial charge is 0.491 e. The standard InChI is InChI=1S/C20H24F2N4O/c1-13(2)11-20(3,23)12-27-17-5-4-14(10-15(17)19(21)22)16-6-8-24-18-7-9-25-26(16)18/h4-10,13,19H,11-12,23H2,1-3H3. The third-order valence-electron chi connectivity index (χ3n) is 4.26. The molecule has 144 valence electrons. The van der Waals surface area contributed by atoms with Crippen LogP contribution >= 0.6 is 0 Å². The first-order valence-corrected chi connectivity index (χ1v) is 8.90. The fourth-order valence-corrected chi connectivity index (χ4v) is 3.30. The Morgan fingerprint density at radius 2 is 1.96 bits per heavy atom. The predicted molar refractivity (Wildman–Crippen MR) is 101 cm³/mol. The molecular formula is C20H24F2N4O. The summed E-state index contributed by atoms with van der Waals surface area (Å²) in [6.45, 7) is 6.17. The number of halogens is 2. The maximum atomic E-state index is 13.7. The van der Waals surface area contributed by atoms with Gasteiger partial charge in [0.25, 0.3) is 6.43 Å². The number of hydrogen-bond donors (Lipinski definition) is 1. The molecule has 0 saturated carbocycles. The zero-order chi connectivity index (χ0) is 19.6. The second-order valence-electron chi connectivity index (χ2n) is 7.53. The van der Waals surface area contributed by atoms with Gasteiger partial charge in [0.15, 0.2) is 5.65 Å². The summed E-state index contributed by atoms with van der Waals surface area (Å²) in [5, 5.41) is 4.21. The number of hydrogen-bond acceptors (Lipinski definition) is 4. The normalized spacial score (nSPS) is 14.1. The van der Waals surface area contributed by atoms with E-state index in [0.29, 0.717) is 22.8 Å². The number of nitrogens with zero attached hydrogens (tertiary/aromatic N) is 3. The average molecular weight is 374 g/mol.